The molecule has 0 saturated heterocycles. The molecule has 0 heterocycles. The summed E-state index contributed by atoms with van der Waals surface area (Å²) in [5.41, 5.74) is 5.18. The largest absolute Gasteiger partial charge is 0.416 e. The summed E-state index contributed by atoms with van der Waals surface area (Å²) in [6.07, 6.45) is -2.12. The van der Waals surface area contributed by atoms with Gasteiger partial charge in [-0.05, 0) is 43.2 Å². The van der Waals surface area contributed by atoms with Crippen LogP contribution < -0.4 is 11.1 Å². The third-order valence-electron chi connectivity index (χ3n) is 4.60. The van der Waals surface area contributed by atoms with Gasteiger partial charge in [0.25, 0.3) is 0 Å². The van der Waals surface area contributed by atoms with Crippen LogP contribution in [0.15, 0.2) is 24.3 Å². The van der Waals surface area contributed by atoms with Gasteiger partial charge in [-0.3, -0.25) is 4.79 Å². The molecule has 0 aromatic heterocycles. The molecular weight excluding hydrogens is 341 g/mol. The number of hydrogen-bond donors (Lipinski definition) is 2. The number of halogens is 4. The van der Waals surface area contributed by atoms with Crippen molar-refractivity contribution in [3.05, 3.63) is 35.4 Å². The molecule has 1 amide bonds. The summed E-state index contributed by atoms with van der Waals surface area (Å²) in [5.74, 6) is -0.0615. The standard InChI is InChI=1S/C17H23F3N2O.ClH/c1-11(12-4-3-5-14(9-12)17(18,19)20)8-15(23)22-16(2,10-21)13-6-7-13;/h3-5,9,11,13H,6-8,10,21H2,1-2H3,(H,22,23);1H. The lowest BCUT2D eigenvalue weighted by atomic mass is 9.93. The predicted molar refractivity (Wildman–Crippen MR) is 90.1 cm³/mol. The summed E-state index contributed by atoms with van der Waals surface area (Å²) in [5, 5.41) is 2.96. The summed E-state index contributed by atoms with van der Waals surface area (Å²) >= 11 is 0. The topological polar surface area (TPSA) is 55.1 Å². The second-order valence-electron chi connectivity index (χ2n) is 6.67. The summed E-state index contributed by atoms with van der Waals surface area (Å²) in [6, 6.07) is 5.15. The third kappa shape index (κ3) is 5.11. The number of amides is 1. The Kier molecular flexibility index (Phi) is 6.70. The highest BCUT2D eigenvalue weighted by Crippen LogP contribution is 2.39. The molecule has 1 fully saturated rings. The van der Waals surface area contributed by atoms with Gasteiger partial charge in [-0.1, -0.05) is 25.1 Å². The molecule has 0 radical (unpaired) electrons. The van der Waals surface area contributed by atoms with Gasteiger partial charge < -0.3 is 11.1 Å². The zero-order chi connectivity index (χ0) is 17.3. The lowest BCUT2D eigenvalue weighted by Gasteiger charge is -2.30. The van der Waals surface area contributed by atoms with Crippen molar-refractivity contribution < 1.29 is 18.0 Å². The highest BCUT2D eigenvalue weighted by Gasteiger charge is 2.41. The van der Waals surface area contributed by atoms with Gasteiger partial charge in [0.2, 0.25) is 5.91 Å². The molecule has 1 saturated carbocycles. The predicted octanol–water partition coefficient (Wildman–Crippen LogP) is 3.86. The molecule has 7 heteroatoms. The Morgan fingerprint density at radius 2 is 2.00 bits per heavy atom. The van der Waals surface area contributed by atoms with Crippen molar-refractivity contribution in [2.45, 2.75) is 50.7 Å². The van der Waals surface area contributed by atoms with Gasteiger partial charge >= 0.3 is 6.18 Å². The van der Waals surface area contributed by atoms with Crippen LogP contribution in [0.3, 0.4) is 0 Å². The average molecular weight is 365 g/mol. The summed E-state index contributed by atoms with van der Waals surface area (Å²) in [7, 11) is 0. The Labute approximate surface area is 146 Å². The minimum absolute atomic E-state index is 0. The number of rotatable bonds is 6. The fourth-order valence-electron chi connectivity index (χ4n) is 2.83. The maximum absolute atomic E-state index is 12.8. The molecule has 1 aromatic carbocycles. The van der Waals surface area contributed by atoms with Gasteiger partial charge in [0, 0.05) is 13.0 Å². The molecule has 3 N–H and O–H groups in total. The van der Waals surface area contributed by atoms with E-state index in [0.29, 0.717) is 18.0 Å². The van der Waals surface area contributed by atoms with Crippen molar-refractivity contribution in [2.24, 2.45) is 11.7 Å². The van der Waals surface area contributed by atoms with E-state index < -0.39 is 17.3 Å². The zero-order valence-corrected chi connectivity index (χ0v) is 14.6. The molecule has 24 heavy (non-hydrogen) atoms. The first-order valence-corrected chi connectivity index (χ1v) is 7.84. The van der Waals surface area contributed by atoms with Crippen molar-refractivity contribution in [1.82, 2.24) is 5.32 Å². The van der Waals surface area contributed by atoms with Crippen LogP contribution in [-0.2, 0) is 11.0 Å². The van der Waals surface area contributed by atoms with Gasteiger partial charge in [-0.2, -0.15) is 13.2 Å². The van der Waals surface area contributed by atoms with E-state index in [4.69, 9.17) is 5.73 Å². The summed E-state index contributed by atoms with van der Waals surface area (Å²) < 4.78 is 38.3. The van der Waals surface area contributed by atoms with Crippen LogP contribution in [0, 0.1) is 5.92 Å². The minimum atomic E-state index is -4.37. The minimum Gasteiger partial charge on any atom is -0.349 e. The Balaban J connectivity index is 0.00000288. The van der Waals surface area contributed by atoms with Crippen molar-refractivity contribution in [3.8, 4) is 0 Å². The van der Waals surface area contributed by atoms with Crippen LogP contribution in [0.2, 0.25) is 0 Å². The fraction of sp³-hybridized carbons (Fsp3) is 0.588. The molecule has 136 valence electrons. The van der Waals surface area contributed by atoms with Crippen LogP contribution in [0.25, 0.3) is 0 Å². The van der Waals surface area contributed by atoms with Crippen LogP contribution in [0.1, 0.15) is 50.2 Å². The van der Waals surface area contributed by atoms with Gasteiger partial charge in [0.1, 0.15) is 0 Å². The highest BCUT2D eigenvalue weighted by molar-refractivity contribution is 5.85. The molecule has 0 bridgehead atoms. The smallest absolute Gasteiger partial charge is 0.349 e. The van der Waals surface area contributed by atoms with E-state index in [1.165, 1.54) is 6.07 Å². The quantitative estimate of drug-likeness (QED) is 0.805. The second kappa shape index (κ2) is 7.74. The van der Waals surface area contributed by atoms with E-state index in [9.17, 15) is 18.0 Å². The van der Waals surface area contributed by atoms with Crippen molar-refractivity contribution >= 4 is 18.3 Å². The van der Waals surface area contributed by atoms with Crippen LogP contribution in [0.5, 0.6) is 0 Å². The summed E-state index contributed by atoms with van der Waals surface area (Å²) in [4.78, 5) is 12.2. The first kappa shape index (κ1) is 20.8. The molecule has 3 nitrogen and oxygen atoms in total. The van der Waals surface area contributed by atoms with Crippen LogP contribution in [0.4, 0.5) is 13.2 Å². The van der Waals surface area contributed by atoms with E-state index >= 15 is 0 Å². The molecular formula is C17H24ClF3N2O. The maximum Gasteiger partial charge on any atom is 0.416 e. The number of carbonyl (C=O) groups excluding carboxylic acids is 1. The van der Waals surface area contributed by atoms with E-state index in [0.717, 1.165) is 25.0 Å². The number of nitrogens with one attached hydrogen (secondary N) is 1. The van der Waals surface area contributed by atoms with Crippen molar-refractivity contribution in [3.63, 3.8) is 0 Å². The molecule has 2 atom stereocenters. The second-order valence-corrected chi connectivity index (χ2v) is 6.67. The van der Waals surface area contributed by atoms with E-state index in [1.807, 2.05) is 6.92 Å². The molecule has 0 spiro atoms. The van der Waals surface area contributed by atoms with Gasteiger partial charge in [-0.25, -0.2) is 0 Å². The zero-order valence-electron chi connectivity index (χ0n) is 13.8. The molecule has 0 aliphatic heterocycles. The number of carbonyl (C=O) groups is 1. The van der Waals surface area contributed by atoms with Crippen molar-refractivity contribution in [1.29, 1.82) is 0 Å². The molecule has 2 rings (SSSR count). The maximum atomic E-state index is 12.8. The Bertz CT molecular complexity index is 575. The number of benzene rings is 1. The average Bonchev–Trinajstić information content (AvgIpc) is 3.31. The molecule has 1 aromatic rings. The highest BCUT2D eigenvalue weighted by atomic mass is 35.5. The number of nitrogens with two attached hydrogens (primary N) is 1. The lowest BCUT2D eigenvalue weighted by Crippen LogP contribution is -2.53. The van der Waals surface area contributed by atoms with Gasteiger partial charge in [0.15, 0.2) is 0 Å². The van der Waals surface area contributed by atoms with Gasteiger partial charge in [-0.15, -0.1) is 12.4 Å². The SMILES string of the molecule is CC(CC(=O)NC(C)(CN)C1CC1)c1cccc(C(F)(F)F)c1.Cl. The first-order valence-electron chi connectivity index (χ1n) is 7.84. The fourth-order valence-corrected chi connectivity index (χ4v) is 2.83. The number of alkyl halides is 3. The molecule has 1 aliphatic carbocycles. The third-order valence-corrected chi connectivity index (χ3v) is 4.60. The van der Waals surface area contributed by atoms with Gasteiger partial charge in [0.05, 0.1) is 11.1 Å². The number of hydrogen-bond acceptors (Lipinski definition) is 2. The van der Waals surface area contributed by atoms with Crippen LogP contribution in [-0.4, -0.2) is 18.0 Å². The monoisotopic (exact) mass is 364 g/mol. The first-order chi connectivity index (χ1) is 10.7. The normalized spacial score (nSPS) is 18.2. The van der Waals surface area contributed by atoms with E-state index in [2.05, 4.69) is 5.32 Å². The lowest BCUT2D eigenvalue weighted by molar-refractivity contribution is -0.137. The molecule has 1 aliphatic rings. The van der Waals surface area contributed by atoms with Crippen LogP contribution >= 0.6 is 12.4 Å². The van der Waals surface area contributed by atoms with E-state index in [1.54, 1.807) is 13.0 Å². The Morgan fingerprint density at radius 3 is 2.50 bits per heavy atom. The Morgan fingerprint density at radius 1 is 1.38 bits per heavy atom. The van der Waals surface area contributed by atoms with Crippen molar-refractivity contribution in [2.75, 3.05) is 6.54 Å². The molecule has 2 unspecified atom stereocenters. The van der Waals surface area contributed by atoms with E-state index in [-0.39, 0.29) is 30.7 Å². The Hall–Kier alpha value is -1.27. The summed E-state index contributed by atoms with van der Waals surface area (Å²) in [6.45, 7) is 4.05.